The molecule has 3 aromatic rings. The van der Waals surface area contributed by atoms with Gasteiger partial charge in [-0.2, -0.15) is 0 Å². The lowest BCUT2D eigenvalue weighted by Gasteiger charge is -2.32. The molecule has 3 heterocycles. The van der Waals surface area contributed by atoms with Crippen LogP contribution in [0.15, 0.2) is 54.6 Å². The van der Waals surface area contributed by atoms with Crippen LogP contribution in [0.25, 0.3) is 11.4 Å². The number of anilines is 1. The van der Waals surface area contributed by atoms with Crippen molar-refractivity contribution in [2.45, 2.75) is 45.1 Å². The number of piperidine rings is 1. The molecule has 5 rings (SSSR count). The molecule has 0 spiro atoms. The minimum absolute atomic E-state index is 0.0169. The molecule has 1 atom stereocenters. The molecule has 3 amide bonds. The average molecular weight is 490 g/mol. The zero-order valence-electron chi connectivity index (χ0n) is 20.4. The van der Waals surface area contributed by atoms with E-state index in [0.29, 0.717) is 31.0 Å². The van der Waals surface area contributed by atoms with Gasteiger partial charge in [0.05, 0.1) is 5.69 Å². The van der Waals surface area contributed by atoms with Crippen molar-refractivity contribution in [3.8, 4) is 11.4 Å². The number of fused-ring (bicyclic) bond motifs is 1. The van der Waals surface area contributed by atoms with Crippen molar-refractivity contribution in [1.82, 2.24) is 19.8 Å². The fourth-order valence-corrected chi connectivity index (χ4v) is 5.24. The molecular formula is C28H32FN5O2. The van der Waals surface area contributed by atoms with Gasteiger partial charge in [-0.25, -0.2) is 14.2 Å². The Balaban J connectivity index is 1.26. The first kappa shape index (κ1) is 24.0. The summed E-state index contributed by atoms with van der Waals surface area (Å²) in [5.41, 5.74) is 3.06. The van der Waals surface area contributed by atoms with Gasteiger partial charge < -0.3 is 20.1 Å². The van der Waals surface area contributed by atoms with Crippen LogP contribution in [0.3, 0.4) is 0 Å². The number of halogens is 1. The molecule has 1 aromatic heterocycles. The maximum atomic E-state index is 13.7. The SMILES string of the molecule is O=C(NCC1CCCN(C(=O)c2nc(-c3ccccc3)n3c2CCCCC3)C1)Nc1cccc(F)c1. The van der Waals surface area contributed by atoms with Gasteiger partial charge in [-0.3, -0.25) is 4.79 Å². The first-order valence-electron chi connectivity index (χ1n) is 12.8. The van der Waals surface area contributed by atoms with Gasteiger partial charge in [0, 0.05) is 37.4 Å². The van der Waals surface area contributed by atoms with E-state index in [1.165, 1.54) is 12.1 Å². The van der Waals surface area contributed by atoms with E-state index in [0.717, 1.165) is 62.2 Å². The number of urea groups is 1. The molecule has 1 unspecified atom stereocenters. The van der Waals surface area contributed by atoms with Crippen molar-refractivity contribution in [1.29, 1.82) is 0 Å². The summed E-state index contributed by atoms with van der Waals surface area (Å²) >= 11 is 0. The Morgan fingerprint density at radius 3 is 2.69 bits per heavy atom. The van der Waals surface area contributed by atoms with Crippen LogP contribution in [0.5, 0.6) is 0 Å². The molecule has 0 aliphatic carbocycles. The lowest BCUT2D eigenvalue weighted by molar-refractivity contribution is 0.0668. The number of hydrogen-bond acceptors (Lipinski definition) is 3. The Hall–Kier alpha value is -3.68. The minimum Gasteiger partial charge on any atom is -0.338 e. The third kappa shape index (κ3) is 5.42. The van der Waals surface area contributed by atoms with Crippen molar-refractivity contribution in [2.75, 3.05) is 25.0 Å². The molecule has 0 bridgehead atoms. The van der Waals surface area contributed by atoms with Gasteiger partial charge in [0.15, 0.2) is 0 Å². The highest BCUT2D eigenvalue weighted by molar-refractivity contribution is 5.94. The number of benzene rings is 2. The van der Waals surface area contributed by atoms with Crippen molar-refractivity contribution >= 4 is 17.6 Å². The largest absolute Gasteiger partial charge is 0.338 e. The summed E-state index contributed by atoms with van der Waals surface area (Å²) in [6.45, 7) is 2.60. The Kier molecular flexibility index (Phi) is 7.30. The number of imidazole rings is 1. The molecule has 2 aromatic carbocycles. The summed E-state index contributed by atoms with van der Waals surface area (Å²) in [7, 11) is 0. The molecule has 1 saturated heterocycles. The van der Waals surface area contributed by atoms with Gasteiger partial charge in [0.25, 0.3) is 5.91 Å². The van der Waals surface area contributed by atoms with Crippen LogP contribution in [-0.2, 0) is 13.0 Å². The highest BCUT2D eigenvalue weighted by atomic mass is 19.1. The van der Waals surface area contributed by atoms with E-state index >= 15 is 0 Å². The van der Waals surface area contributed by atoms with Gasteiger partial charge in [0.2, 0.25) is 0 Å². The topological polar surface area (TPSA) is 79.3 Å². The summed E-state index contributed by atoms with van der Waals surface area (Å²) in [5.74, 6) is 0.606. The maximum Gasteiger partial charge on any atom is 0.319 e. The summed E-state index contributed by atoms with van der Waals surface area (Å²) in [6.07, 6.45) is 5.98. The van der Waals surface area contributed by atoms with Crippen LogP contribution in [0.1, 0.15) is 48.3 Å². The van der Waals surface area contributed by atoms with E-state index in [-0.39, 0.29) is 17.9 Å². The summed E-state index contributed by atoms with van der Waals surface area (Å²) < 4.78 is 15.6. The quantitative estimate of drug-likeness (QED) is 0.524. The fourth-order valence-electron chi connectivity index (χ4n) is 5.24. The van der Waals surface area contributed by atoms with Crippen molar-refractivity contribution in [2.24, 2.45) is 5.92 Å². The molecule has 2 aliphatic heterocycles. The third-order valence-electron chi connectivity index (χ3n) is 7.04. The first-order chi connectivity index (χ1) is 17.6. The molecule has 36 heavy (non-hydrogen) atoms. The second-order valence-corrected chi connectivity index (χ2v) is 9.66. The van der Waals surface area contributed by atoms with Gasteiger partial charge in [0.1, 0.15) is 17.3 Å². The van der Waals surface area contributed by atoms with Crippen LogP contribution < -0.4 is 10.6 Å². The number of rotatable bonds is 5. The molecule has 0 radical (unpaired) electrons. The summed E-state index contributed by atoms with van der Waals surface area (Å²) in [6, 6.07) is 15.5. The van der Waals surface area contributed by atoms with Crippen LogP contribution in [0.4, 0.5) is 14.9 Å². The lowest BCUT2D eigenvalue weighted by Crippen LogP contribution is -2.44. The van der Waals surface area contributed by atoms with Crippen LogP contribution in [-0.4, -0.2) is 46.0 Å². The normalized spacial score (nSPS) is 17.7. The van der Waals surface area contributed by atoms with E-state index < -0.39 is 5.82 Å². The Bertz CT molecular complexity index is 1230. The van der Waals surface area contributed by atoms with E-state index in [1.54, 1.807) is 12.1 Å². The smallest absolute Gasteiger partial charge is 0.319 e. The maximum absolute atomic E-state index is 13.7. The van der Waals surface area contributed by atoms with Crippen molar-refractivity contribution < 1.29 is 14.0 Å². The van der Waals surface area contributed by atoms with Crippen LogP contribution in [0, 0.1) is 11.7 Å². The average Bonchev–Trinajstić information content (AvgIpc) is 3.08. The second kappa shape index (κ2) is 10.9. The highest BCUT2D eigenvalue weighted by Gasteiger charge is 2.30. The highest BCUT2D eigenvalue weighted by Crippen LogP contribution is 2.29. The predicted molar refractivity (Wildman–Crippen MR) is 137 cm³/mol. The molecule has 0 saturated carbocycles. The monoisotopic (exact) mass is 489 g/mol. The molecule has 2 aliphatic rings. The number of nitrogens with zero attached hydrogens (tertiary/aromatic N) is 3. The van der Waals surface area contributed by atoms with Crippen molar-refractivity contribution in [3.63, 3.8) is 0 Å². The molecular weight excluding hydrogens is 457 g/mol. The third-order valence-corrected chi connectivity index (χ3v) is 7.04. The Morgan fingerprint density at radius 2 is 1.86 bits per heavy atom. The number of aromatic nitrogens is 2. The number of amides is 3. The Morgan fingerprint density at radius 1 is 1.00 bits per heavy atom. The van der Waals surface area contributed by atoms with Crippen LogP contribution >= 0.6 is 0 Å². The molecule has 2 N–H and O–H groups in total. The minimum atomic E-state index is -0.401. The lowest BCUT2D eigenvalue weighted by atomic mass is 9.97. The molecule has 1 fully saturated rings. The zero-order valence-corrected chi connectivity index (χ0v) is 20.4. The predicted octanol–water partition coefficient (Wildman–Crippen LogP) is 5.09. The van der Waals surface area contributed by atoms with Gasteiger partial charge >= 0.3 is 6.03 Å². The van der Waals surface area contributed by atoms with E-state index in [1.807, 2.05) is 35.2 Å². The van der Waals surface area contributed by atoms with E-state index in [4.69, 9.17) is 4.98 Å². The van der Waals surface area contributed by atoms with E-state index in [9.17, 15) is 14.0 Å². The summed E-state index contributed by atoms with van der Waals surface area (Å²) in [5, 5.41) is 5.53. The second-order valence-electron chi connectivity index (χ2n) is 9.66. The molecule has 7 nitrogen and oxygen atoms in total. The van der Waals surface area contributed by atoms with Gasteiger partial charge in [-0.15, -0.1) is 0 Å². The number of likely N-dealkylation sites (tertiary alicyclic amines) is 1. The Labute approximate surface area is 210 Å². The number of hydrogen-bond donors (Lipinski definition) is 2. The molecule has 188 valence electrons. The zero-order chi connectivity index (χ0) is 24.9. The van der Waals surface area contributed by atoms with Gasteiger partial charge in [-0.1, -0.05) is 42.8 Å². The number of carbonyl (C=O) groups is 2. The van der Waals surface area contributed by atoms with Gasteiger partial charge in [-0.05, 0) is 56.2 Å². The fraction of sp³-hybridized carbons (Fsp3) is 0.393. The van der Waals surface area contributed by atoms with Crippen LogP contribution in [0.2, 0.25) is 0 Å². The number of carbonyl (C=O) groups excluding carboxylic acids is 2. The molecule has 8 heteroatoms. The standard InChI is InChI=1S/C28H32FN5O2/c29-22-12-7-13-23(17-22)31-28(36)30-18-20-9-8-15-33(19-20)27(35)25-24-14-5-2-6-16-34(24)26(32-25)21-10-3-1-4-11-21/h1,3-4,7,10-13,17,20H,2,5-6,8-9,14-16,18-19H2,(H2,30,31,36). The van der Waals surface area contributed by atoms with E-state index in [2.05, 4.69) is 15.2 Å². The van der Waals surface area contributed by atoms with Crippen molar-refractivity contribution in [3.05, 3.63) is 71.8 Å². The first-order valence-corrected chi connectivity index (χ1v) is 12.8. The summed E-state index contributed by atoms with van der Waals surface area (Å²) in [4.78, 5) is 32.8. The number of nitrogens with one attached hydrogen (secondary N) is 2.